The molecule has 0 bridgehead atoms. The summed E-state index contributed by atoms with van der Waals surface area (Å²) < 4.78 is 28.4. The van der Waals surface area contributed by atoms with E-state index in [1.165, 1.54) is 12.1 Å². The molecule has 0 aromatic heterocycles. The third kappa shape index (κ3) is 3.53. The molecule has 4 nitrogen and oxygen atoms in total. The molecule has 21 heavy (non-hydrogen) atoms. The number of hydrogen-bond acceptors (Lipinski definition) is 3. The first-order chi connectivity index (χ1) is 9.72. The minimum absolute atomic E-state index is 0.0797. The van der Waals surface area contributed by atoms with Gasteiger partial charge in [-0.3, -0.25) is 4.72 Å². The lowest BCUT2D eigenvalue weighted by Gasteiger charge is -2.14. The van der Waals surface area contributed by atoms with E-state index >= 15 is 0 Å². The van der Waals surface area contributed by atoms with Gasteiger partial charge in [0.2, 0.25) is 0 Å². The molecule has 0 saturated heterocycles. The van der Waals surface area contributed by atoms with E-state index in [4.69, 9.17) is 17.3 Å². The summed E-state index contributed by atoms with van der Waals surface area (Å²) in [5.74, 6) is 0. The van der Waals surface area contributed by atoms with Gasteiger partial charge in [0.1, 0.15) is 4.90 Å². The lowest BCUT2D eigenvalue weighted by atomic mass is 10.2. The Morgan fingerprint density at radius 1 is 1.19 bits per heavy atom. The summed E-state index contributed by atoms with van der Waals surface area (Å²) in [6, 6.07) is 8.09. The van der Waals surface area contributed by atoms with E-state index < -0.39 is 10.0 Å². The van der Waals surface area contributed by atoms with Crippen LogP contribution in [-0.2, 0) is 10.0 Å². The van der Waals surface area contributed by atoms with Crippen LogP contribution in [0.5, 0.6) is 0 Å². The fourth-order valence-electron chi connectivity index (χ4n) is 1.75. The molecule has 3 N–H and O–H groups in total. The zero-order valence-electron chi connectivity index (χ0n) is 10.8. The van der Waals surface area contributed by atoms with E-state index in [-0.39, 0.29) is 4.90 Å². The number of hydrogen-bond donors (Lipinski definition) is 2. The number of benzene rings is 2. The molecule has 0 unspecified atom stereocenters. The van der Waals surface area contributed by atoms with Crippen LogP contribution in [0.2, 0.25) is 5.02 Å². The Balaban J connectivity index is 2.51. The van der Waals surface area contributed by atoms with Gasteiger partial charge in [0.15, 0.2) is 0 Å². The van der Waals surface area contributed by atoms with Gasteiger partial charge in [-0.05, 0) is 68.6 Å². The molecule has 2 aromatic carbocycles. The molecule has 2 aromatic rings. The van der Waals surface area contributed by atoms with Crippen molar-refractivity contribution in [3.05, 3.63) is 49.9 Å². The fourth-order valence-corrected chi connectivity index (χ4v) is 5.67. The van der Waals surface area contributed by atoms with Gasteiger partial charge in [-0.2, -0.15) is 0 Å². The van der Waals surface area contributed by atoms with Crippen LogP contribution in [0, 0.1) is 6.92 Å². The van der Waals surface area contributed by atoms with Crippen LogP contribution in [0.25, 0.3) is 0 Å². The van der Waals surface area contributed by atoms with E-state index in [1.807, 2.05) is 0 Å². The number of nitrogen functional groups attached to an aromatic ring is 1. The smallest absolute Gasteiger partial charge is 0.264 e. The number of anilines is 2. The molecule has 0 heterocycles. The molecule has 8 heteroatoms. The molecule has 0 amide bonds. The van der Waals surface area contributed by atoms with Crippen molar-refractivity contribution >= 4 is 64.9 Å². The second-order valence-electron chi connectivity index (χ2n) is 4.33. The number of halogens is 3. The number of nitrogens with one attached hydrogen (secondary N) is 1. The van der Waals surface area contributed by atoms with Gasteiger partial charge >= 0.3 is 0 Å². The predicted molar refractivity (Wildman–Crippen MR) is 93.3 cm³/mol. The van der Waals surface area contributed by atoms with E-state index in [0.29, 0.717) is 30.9 Å². The van der Waals surface area contributed by atoms with Crippen molar-refractivity contribution in [1.82, 2.24) is 0 Å². The third-order valence-electron chi connectivity index (χ3n) is 2.80. The van der Waals surface area contributed by atoms with Gasteiger partial charge in [-0.15, -0.1) is 0 Å². The van der Waals surface area contributed by atoms with Crippen LogP contribution in [0.15, 0.2) is 44.2 Å². The zero-order valence-corrected chi connectivity index (χ0v) is 15.6. The van der Waals surface area contributed by atoms with Crippen LogP contribution in [0.3, 0.4) is 0 Å². The molecule has 0 saturated carbocycles. The average Bonchev–Trinajstić information content (AvgIpc) is 2.33. The lowest BCUT2D eigenvalue weighted by Crippen LogP contribution is -2.15. The van der Waals surface area contributed by atoms with Gasteiger partial charge in [0.05, 0.1) is 5.69 Å². The first kappa shape index (κ1) is 16.6. The number of sulfonamides is 1. The highest BCUT2D eigenvalue weighted by Gasteiger charge is 2.22. The van der Waals surface area contributed by atoms with E-state index in [9.17, 15) is 8.42 Å². The van der Waals surface area contributed by atoms with E-state index in [1.54, 1.807) is 25.1 Å². The van der Waals surface area contributed by atoms with Crippen LogP contribution in [-0.4, -0.2) is 8.42 Å². The Morgan fingerprint density at radius 2 is 1.76 bits per heavy atom. The topological polar surface area (TPSA) is 72.2 Å². The van der Waals surface area contributed by atoms with Crippen LogP contribution < -0.4 is 10.5 Å². The molecule has 0 radical (unpaired) electrons. The molecule has 0 aliphatic carbocycles. The van der Waals surface area contributed by atoms with E-state index in [0.717, 1.165) is 0 Å². The minimum Gasteiger partial charge on any atom is -0.399 e. The number of nitrogens with two attached hydrogens (primary N) is 1. The van der Waals surface area contributed by atoms with Crippen molar-refractivity contribution in [1.29, 1.82) is 0 Å². The maximum atomic E-state index is 12.6. The quantitative estimate of drug-likeness (QED) is 0.668. The molecule has 0 atom stereocenters. The Hall–Kier alpha value is -0.760. The van der Waals surface area contributed by atoms with Crippen LogP contribution in [0.1, 0.15) is 5.56 Å². The molecule has 0 fully saturated rings. The highest BCUT2D eigenvalue weighted by Crippen LogP contribution is 2.34. The summed E-state index contributed by atoms with van der Waals surface area (Å²) in [4.78, 5) is 0.0797. The van der Waals surface area contributed by atoms with Crippen molar-refractivity contribution in [3.8, 4) is 0 Å². The minimum atomic E-state index is -3.79. The fraction of sp³-hybridized carbons (Fsp3) is 0.0769. The Morgan fingerprint density at radius 3 is 2.33 bits per heavy atom. The molecule has 112 valence electrons. The van der Waals surface area contributed by atoms with Gasteiger partial charge in [-0.1, -0.05) is 17.7 Å². The standard InChI is InChI=1S/C13H11Br2ClN2O2S/c1-7-11(16)3-2-4-12(7)18-21(19,20)13-9(14)5-8(17)6-10(13)15/h2-6,18H,17H2,1H3. The van der Waals surface area contributed by atoms with Gasteiger partial charge in [-0.25, -0.2) is 8.42 Å². The normalized spacial score (nSPS) is 11.4. The number of rotatable bonds is 3. The van der Waals surface area contributed by atoms with Gasteiger partial charge < -0.3 is 5.73 Å². The average molecular weight is 455 g/mol. The summed E-state index contributed by atoms with van der Waals surface area (Å²) in [6.07, 6.45) is 0. The molecule has 0 aliphatic heterocycles. The summed E-state index contributed by atoms with van der Waals surface area (Å²) >= 11 is 12.5. The van der Waals surface area contributed by atoms with Crippen LogP contribution >= 0.6 is 43.5 Å². The molecular weight excluding hydrogens is 443 g/mol. The first-order valence-corrected chi connectivity index (χ1v) is 9.19. The highest BCUT2D eigenvalue weighted by molar-refractivity contribution is 9.11. The molecule has 0 aliphatic rings. The zero-order chi connectivity index (χ0) is 15.8. The molecule has 0 spiro atoms. The summed E-state index contributed by atoms with van der Waals surface area (Å²) in [6.45, 7) is 1.74. The second-order valence-corrected chi connectivity index (χ2v) is 8.07. The first-order valence-electron chi connectivity index (χ1n) is 5.75. The Bertz CT molecular complexity index is 787. The third-order valence-corrected chi connectivity index (χ3v) is 6.45. The summed E-state index contributed by atoms with van der Waals surface area (Å²) in [5.41, 5.74) is 7.21. The largest absolute Gasteiger partial charge is 0.399 e. The SMILES string of the molecule is Cc1c(Cl)cccc1NS(=O)(=O)c1c(Br)cc(N)cc1Br. The van der Waals surface area contributed by atoms with Crippen molar-refractivity contribution in [2.45, 2.75) is 11.8 Å². The highest BCUT2D eigenvalue weighted by atomic mass is 79.9. The lowest BCUT2D eigenvalue weighted by molar-refractivity contribution is 0.600. The van der Waals surface area contributed by atoms with Crippen molar-refractivity contribution in [2.75, 3.05) is 10.5 Å². The molecule has 2 rings (SSSR count). The summed E-state index contributed by atoms with van der Waals surface area (Å²) in [7, 11) is -3.79. The maximum absolute atomic E-state index is 12.6. The van der Waals surface area contributed by atoms with Crippen molar-refractivity contribution in [3.63, 3.8) is 0 Å². The predicted octanol–water partition coefficient (Wildman–Crippen LogP) is 4.56. The Labute approximate surface area is 145 Å². The van der Waals surface area contributed by atoms with E-state index in [2.05, 4.69) is 36.6 Å². The van der Waals surface area contributed by atoms with Gasteiger partial charge in [0, 0.05) is 19.7 Å². The molecular formula is C13H11Br2ClN2O2S. The maximum Gasteiger partial charge on any atom is 0.264 e. The van der Waals surface area contributed by atoms with Gasteiger partial charge in [0.25, 0.3) is 10.0 Å². The van der Waals surface area contributed by atoms with Crippen molar-refractivity contribution in [2.24, 2.45) is 0 Å². The second kappa shape index (κ2) is 6.16. The summed E-state index contributed by atoms with van der Waals surface area (Å²) in [5, 5.41) is 0.491. The monoisotopic (exact) mass is 452 g/mol. The van der Waals surface area contributed by atoms with Crippen molar-refractivity contribution < 1.29 is 8.42 Å². The van der Waals surface area contributed by atoms with Crippen LogP contribution in [0.4, 0.5) is 11.4 Å². The Kier molecular flexibility index (Phi) is 4.87.